The van der Waals surface area contributed by atoms with Gasteiger partial charge in [0.15, 0.2) is 0 Å². The fraction of sp³-hybridized carbons (Fsp3) is 0.350. The first kappa shape index (κ1) is 18.7. The van der Waals surface area contributed by atoms with Gasteiger partial charge in [0, 0.05) is 29.2 Å². The highest BCUT2D eigenvalue weighted by Gasteiger charge is 2.37. The largest absolute Gasteiger partial charge is 0.326 e. The number of anilines is 1. The van der Waals surface area contributed by atoms with Gasteiger partial charge in [-0.1, -0.05) is 30.3 Å². The molecule has 1 unspecified atom stereocenters. The predicted octanol–water partition coefficient (Wildman–Crippen LogP) is 3.73. The molecule has 0 aliphatic carbocycles. The van der Waals surface area contributed by atoms with Crippen molar-refractivity contribution in [3.8, 4) is 0 Å². The maximum absolute atomic E-state index is 13.4. The number of hydrogen-bond donors (Lipinski definition) is 1. The number of carbonyl (C=O) groups is 1. The quantitative estimate of drug-likeness (QED) is 0.774. The van der Waals surface area contributed by atoms with Crippen LogP contribution < -0.4 is 5.32 Å². The Hall–Kier alpha value is -1.70. The number of sulfonamides is 1. The topological polar surface area (TPSA) is 66.5 Å². The molecule has 0 spiro atoms. The van der Waals surface area contributed by atoms with Crippen molar-refractivity contribution in [2.45, 2.75) is 43.0 Å². The number of halogens is 1. The molecule has 2 aliphatic heterocycles. The lowest BCUT2D eigenvalue weighted by Gasteiger charge is -2.26. The molecule has 1 N–H and O–H groups in total. The molecular weight excluding hydrogens is 428 g/mol. The van der Waals surface area contributed by atoms with Crippen molar-refractivity contribution in [2.24, 2.45) is 0 Å². The third-order valence-corrected chi connectivity index (χ3v) is 8.19. The molecule has 0 saturated carbocycles. The third kappa shape index (κ3) is 3.68. The maximum Gasteiger partial charge on any atom is 0.244 e. The summed E-state index contributed by atoms with van der Waals surface area (Å²) in [4.78, 5) is 11.9. The molecule has 0 aromatic heterocycles. The average Bonchev–Trinajstić information content (AvgIpc) is 3.11. The van der Waals surface area contributed by atoms with Crippen molar-refractivity contribution in [1.29, 1.82) is 0 Å². The number of fused-ring (bicyclic) bond motifs is 1. The summed E-state index contributed by atoms with van der Waals surface area (Å²) in [7, 11) is -3.65. The van der Waals surface area contributed by atoms with E-state index in [0.29, 0.717) is 36.0 Å². The van der Waals surface area contributed by atoms with Crippen molar-refractivity contribution < 1.29 is 13.2 Å². The number of rotatable bonds is 4. The minimum atomic E-state index is -3.65. The van der Waals surface area contributed by atoms with Gasteiger partial charge in [0.1, 0.15) is 0 Å². The van der Waals surface area contributed by atoms with Gasteiger partial charge in [-0.3, -0.25) is 4.79 Å². The fourth-order valence-corrected chi connectivity index (χ4v) is 6.69. The first-order valence-corrected chi connectivity index (χ1v) is 11.4. The van der Waals surface area contributed by atoms with Gasteiger partial charge in [-0.25, -0.2) is 8.42 Å². The Balaban J connectivity index is 1.66. The minimum absolute atomic E-state index is 0.0464. The highest BCUT2D eigenvalue weighted by Crippen LogP contribution is 2.36. The van der Waals surface area contributed by atoms with Gasteiger partial charge in [-0.15, -0.1) is 0 Å². The zero-order valence-corrected chi connectivity index (χ0v) is 17.2. The van der Waals surface area contributed by atoms with Crippen LogP contribution in [0.3, 0.4) is 0 Å². The number of amides is 1. The Bertz CT molecular complexity index is 976. The monoisotopic (exact) mass is 448 g/mol. The van der Waals surface area contributed by atoms with Crippen LogP contribution in [0.2, 0.25) is 0 Å². The predicted molar refractivity (Wildman–Crippen MR) is 108 cm³/mol. The van der Waals surface area contributed by atoms with Crippen molar-refractivity contribution >= 4 is 37.5 Å². The molecule has 5 nitrogen and oxygen atoms in total. The number of nitrogens with one attached hydrogen (secondary N) is 1. The Morgan fingerprint density at radius 2 is 1.93 bits per heavy atom. The van der Waals surface area contributed by atoms with Gasteiger partial charge >= 0.3 is 0 Å². The first-order chi connectivity index (χ1) is 12.9. The average molecular weight is 449 g/mol. The van der Waals surface area contributed by atoms with E-state index in [1.807, 2.05) is 36.4 Å². The van der Waals surface area contributed by atoms with E-state index < -0.39 is 10.0 Å². The van der Waals surface area contributed by atoms with Gasteiger partial charge < -0.3 is 5.32 Å². The van der Waals surface area contributed by atoms with E-state index in [1.54, 1.807) is 10.4 Å². The van der Waals surface area contributed by atoms with Crippen molar-refractivity contribution in [3.63, 3.8) is 0 Å². The van der Waals surface area contributed by atoms with Crippen molar-refractivity contribution in [2.75, 3.05) is 11.9 Å². The van der Waals surface area contributed by atoms with Crippen LogP contribution in [-0.4, -0.2) is 31.2 Å². The molecular formula is C20H21BrN2O3S. The van der Waals surface area contributed by atoms with Gasteiger partial charge in [0.2, 0.25) is 15.9 Å². The SMILES string of the molecule is O=C1CCc2cc(Br)c(S(=O)(=O)N3CCCC3Cc3ccccc3)cc2N1. The molecule has 2 heterocycles. The highest BCUT2D eigenvalue weighted by molar-refractivity contribution is 9.10. The number of hydrogen-bond acceptors (Lipinski definition) is 3. The summed E-state index contributed by atoms with van der Waals surface area (Å²) in [5, 5.41) is 2.80. The van der Waals surface area contributed by atoms with E-state index in [9.17, 15) is 13.2 Å². The van der Waals surface area contributed by atoms with E-state index in [-0.39, 0.29) is 16.8 Å². The molecule has 7 heteroatoms. The Labute approximate surface area is 167 Å². The Morgan fingerprint density at radius 1 is 1.15 bits per heavy atom. The van der Waals surface area contributed by atoms with Gasteiger partial charge in [0.25, 0.3) is 0 Å². The zero-order valence-electron chi connectivity index (χ0n) is 14.8. The summed E-state index contributed by atoms with van der Waals surface area (Å²) in [5.41, 5.74) is 2.70. The normalized spacial score (nSPS) is 20.3. The number of nitrogens with zero attached hydrogens (tertiary/aromatic N) is 1. The fourth-order valence-electron chi connectivity index (χ4n) is 3.92. The van der Waals surface area contributed by atoms with Crippen LogP contribution >= 0.6 is 15.9 Å². The zero-order chi connectivity index (χ0) is 19.0. The first-order valence-electron chi connectivity index (χ1n) is 9.13. The molecule has 0 radical (unpaired) electrons. The number of carbonyl (C=O) groups excluding carboxylic acids is 1. The smallest absolute Gasteiger partial charge is 0.244 e. The molecule has 2 aromatic rings. The lowest BCUT2D eigenvalue weighted by molar-refractivity contribution is -0.116. The second kappa shape index (κ2) is 7.37. The lowest BCUT2D eigenvalue weighted by Crippen LogP contribution is -2.37. The van der Waals surface area contributed by atoms with E-state index in [2.05, 4.69) is 21.2 Å². The summed E-state index contributed by atoms with van der Waals surface area (Å²) in [6, 6.07) is 13.4. The molecule has 1 saturated heterocycles. The van der Waals surface area contributed by atoms with Gasteiger partial charge in [-0.2, -0.15) is 4.31 Å². The molecule has 4 rings (SSSR count). The molecule has 27 heavy (non-hydrogen) atoms. The summed E-state index contributed by atoms with van der Waals surface area (Å²) in [6.45, 7) is 0.524. The van der Waals surface area contributed by atoms with E-state index in [0.717, 1.165) is 24.0 Å². The second-order valence-electron chi connectivity index (χ2n) is 7.09. The van der Waals surface area contributed by atoms with E-state index in [1.165, 1.54) is 0 Å². The molecule has 1 fully saturated rings. The van der Waals surface area contributed by atoms with Crippen LogP contribution in [-0.2, 0) is 27.7 Å². The van der Waals surface area contributed by atoms with Crippen LogP contribution in [0, 0.1) is 0 Å². The Morgan fingerprint density at radius 3 is 2.70 bits per heavy atom. The van der Waals surface area contributed by atoms with Gasteiger partial charge in [-0.05, 0) is 64.9 Å². The second-order valence-corrected chi connectivity index (χ2v) is 9.80. The Kier molecular flexibility index (Phi) is 5.09. The minimum Gasteiger partial charge on any atom is -0.326 e. The lowest BCUT2D eigenvalue weighted by atomic mass is 10.0. The number of benzene rings is 2. The highest BCUT2D eigenvalue weighted by atomic mass is 79.9. The van der Waals surface area contributed by atoms with Crippen LogP contribution in [0.4, 0.5) is 5.69 Å². The summed E-state index contributed by atoms with van der Waals surface area (Å²) >= 11 is 3.44. The van der Waals surface area contributed by atoms with Gasteiger partial charge in [0.05, 0.1) is 4.90 Å². The van der Waals surface area contributed by atoms with Crippen molar-refractivity contribution in [3.05, 3.63) is 58.1 Å². The molecule has 1 amide bonds. The van der Waals surface area contributed by atoms with Crippen LogP contribution in [0.25, 0.3) is 0 Å². The van der Waals surface area contributed by atoms with Crippen molar-refractivity contribution in [1.82, 2.24) is 4.31 Å². The molecule has 0 bridgehead atoms. The van der Waals surface area contributed by atoms with Crippen LogP contribution in [0.15, 0.2) is 51.8 Å². The summed E-state index contributed by atoms with van der Waals surface area (Å²) in [6.07, 6.45) is 3.47. The number of aryl methyl sites for hydroxylation is 1. The van der Waals surface area contributed by atoms with Crippen LogP contribution in [0.5, 0.6) is 0 Å². The molecule has 142 valence electrons. The maximum atomic E-state index is 13.4. The van der Waals surface area contributed by atoms with E-state index >= 15 is 0 Å². The standard InChI is InChI=1S/C20H21BrN2O3S/c21-17-12-15-8-9-20(24)22-18(15)13-19(17)27(25,26)23-10-4-7-16(23)11-14-5-2-1-3-6-14/h1-3,5-6,12-13,16H,4,7-11H2,(H,22,24). The molecule has 2 aliphatic rings. The van der Waals surface area contributed by atoms with Crippen LogP contribution in [0.1, 0.15) is 30.4 Å². The summed E-state index contributed by atoms with van der Waals surface area (Å²) in [5.74, 6) is -0.0729. The van der Waals surface area contributed by atoms with E-state index in [4.69, 9.17) is 0 Å². The molecule has 1 atom stereocenters. The molecule has 2 aromatic carbocycles. The third-order valence-electron chi connectivity index (χ3n) is 5.28. The summed E-state index contributed by atoms with van der Waals surface area (Å²) < 4.78 is 29.0.